The molecule has 3 saturated heterocycles. The first-order chi connectivity index (χ1) is 12.6. The number of pyridine rings is 1. The summed E-state index contributed by atoms with van der Waals surface area (Å²) in [6.07, 6.45) is 6.71. The molecule has 26 heavy (non-hydrogen) atoms. The third-order valence-electron chi connectivity index (χ3n) is 5.74. The van der Waals surface area contributed by atoms with Gasteiger partial charge in [-0.3, -0.25) is 14.8 Å². The fraction of sp³-hybridized carbons (Fsp3) is 0.400. The van der Waals surface area contributed by atoms with Gasteiger partial charge in [0.2, 0.25) is 0 Å². The number of aromatic nitrogens is 1. The maximum Gasteiger partial charge on any atom is 0.319 e. The molecule has 136 valence electrons. The van der Waals surface area contributed by atoms with Crippen LogP contribution in [0, 0.1) is 5.92 Å². The number of primary amides is 1. The molecule has 5 nitrogen and oxygen atoms in total. The van der Waals surface area contributed by atoms with E-state index in [0.29, 0.717) is 16.6 Å². The van der Waals surface area contributed by atoms with E-state index in [4.69, 9.17) is 17.3 Å². The molecule has 0 saturated carbocycles. The Labute approximate surface area is 158 Å². The van der Waals surface area contributed by atoms with Crippen molar-refractivity contribution in [2.24, 2.45) is 11.7 Å². The lowest BCUT2D eigenvalue weighted by Gasteiger charge is -2.54. The molecule has 3 aliphatic heterocycles. The van der Waals surface area contributed by atoms with E-state index in [-0.39, 0.29) is 12.1 Å². The third kappa shape index (κ3) is 3.17. The summed E-state index contributed by atoms with van der Waals surface area (Å²) < 4.78 is 0. The van der Waals surface area contributed by atoms with Gasteiger partial charge < -0.3 is 5.73 Å². The van der Waals surface area contributed by atoms with Crippen LogP contribution >= 0.6 is 11.6 Å². The molecule has 0 aliphatic carbocycles. The number of para-hydroxylation sites is 1. The van der Waals surface area contributed by atoms with Gasteiger partial charge in [0, 0.05) is 18.4 Å². The Balaban J connectivity index is 1.72. The molecule has 2 bridgehead atoms. The highest BCUT2D eigenvalue weighted by atomic mass is 35.5. The van der Waals surface area contributed by atoms with Crippen LogP contribution in [0.3, 0.4) is 0 Å². The lowest BCUT2D eigenvalue weighted by Crippen LogP contribution is -2.66. The van der Waals surface area contributed by atoms with E-state index >= 15 is 0 Å². The molecule has 1 aromatic heterocycles. The molecule has 0 radical (unpaired) electrons. The van der Waals surface area contributed by atoms with Crippen molar-refractivity contribution >= 4 is 23.3 Å². The summed E-state index contributed by atoms with van der Waals surface area (Å²) >= 11 is 6.42. The maximum absolute atomic E-state index is 12.5. The molecule has 3 fully saturated rings. The van der Waals surface area contributed by atoms with Crippen molar-refractivity contribution in [2.45, 2.75) is 31.3 Å². The van der Waals surface area contributed by atoms with Gasteiger partial charge in [0.05, 0.1) is 16.8 Å². The summed E-state index contributed by atoms with van der Waals surface area (Å²) in [5.41, 5.74) is 7.74. The van der Waals surface area contributed by atoms with Crippen molar-refractivity contribution < 1.29 is 4.79 Å². The molecule has 2 amide bonds. The Kier molecular flexibility index (Phi) is 4.83. The first-order valence-electron chi connectivity index (χ1n) is 9.11. The Morgan fingerprint density at radius 1 is 1.23 bits per heavy atom. The summed E-state index contributed by atoms with van der Waals surface area (Å²) in [5.74, 6) is 0.436. The SMILES string of the molecule is NC(=O)N(c1ccccc1Cl)C1C2CCN(CC2)C1Cc1cccnc1. The van der Waals surface area contributed by atoms with Gasteiger partial charge in [-0.05, 0) is 62.0 Å². The minimum absolute atomic E-state index is 0.0232. The van der Waals surface area contributed by atoms with Gasteiger partial charge in [0.15, 0.2) is 0 Å². The second-order valence-corrected chi connectivity index (χ2v) is 7.56. The van der Waals surface area contributed by atoms with Crippen LogP contribution < -0.4 is 10.6 Å². The van der Waals surface area contributed by atoms with Crippen molar-refractivity contribution in [2.75, 3.05) is 18.0 Å². The van der Waals surface area contributed by atoms with Gasteiger partial charge in [-0.2, -0.15) is 0 Å². The first kappa shape index (κ1) is 17.3. The number of rotatable bonds is 4. The Morgan fingerprint density at radius 2 is 2.00 bits per heavy atom. The number of hydrogen-bond acceptors (Lipinski definition) is 3. The van der Waals surface area contributed by atoms with Crippen LogP contribution in [0.4, 0.5) is 10.5 Å². The van der Waals surface area contributed by atoms with Crippen LogP contribution in [-0.2, 0) is 6.42 Å². The Hall–Kier alpha value is -2.11. The molecule has 2 unspecified atom stereocenters. The van der Waals surface area contributed by atoms with Gasteiger partial charge in [0.25, 0.3) is 0 Å². The van der Waals surface area contributed by atoms with Crippen LogP contribution in [0.2, 0.25) is 5.02 Å². The van der Waals surface area contributed by atoms with Gasteiger partial charge in [-0.25, -0.2) is 4.79 Å². The number of carbonyl (C=O) groups is 1. The van der Waals surface area contributed by atoms with E-state index in [1.807, 2.05) is 36.5 Å². The van der Waals surface area contributed by atoms with E-state index in [0.717, 1.165) is 32.4 Å². The Bertz CT molecular complexity index is 776. The summed E-state index contributed by atoms with van der Waals surface area (Å²) in [4.78, 5) is 21.0. The minimum Gasteiger partial charge on any atom is -0.351 e. The average Bonchev–Trinajstić information content (AvgIpc) is 2.66. The van der Waals surface area contributed by atoms with Gasteiger partial charge in [-0.15, -0.1) is 0 Å². The van der Waals surface area contributed by atoms with Crippen molar-refractivity contribution in [1.29, 1.82) is 0 Å². The monoisotopic (exact) mass is 370 g/mol. The molecule has 5 rings (SSSR count). The predicted molar refractivity (Wildman–Crippen MR) is 103 cm³/mol. The van der Waals surface area contributed by atoms with E-state index in [9.17, 15) is 4.79 Å². The summed E-state index contributed by atoms with van der Waals surface area (Å²) in [5, 5.41) is 0.558. The number of hydrogen-bond donors (Lipinski definition) is 1. The number of carbonyl (C=O) groups excluding carboxylic acids is 1. The Morgan fingerprint density at radius 3 is 2.65 bits per heavy atom. The van der Waals surface area contributed by atoms with Crippen LogP contribution in [-0.4, -0.2) is 41.1 Å². The lowest BCUT2D eigenvalue weighted by molar-refractivity contribution is 0.0279. The lowest BCUT2D eigenvalue weighted by atomic mass is 9.76. The van der Waals surface area contributed by atoms with Crippen LogP contribution in [0.1, 0.15) is 18.4 Å². The highest BCUT2D eigenvalue weighted by molar-refractivity contribution is 6.33. The molecule has 6 heteroatoms. The van der Waals surface area contributed by atoms with E-state index in [2.05, 4.69) is 16.0 Å². The zero-order valence-corrected chi connectivity index (χ0v) is 15.3. The second kappa shape index (κ2) is 7.25. The fourth-order valence-corrected chi connectivity index (χ4v) is 4.82. The highest BCUT2D eigenvalue weighted by Gasteiger charge is 2.46. The second-order valence-electron chi connectivity index (χ2n) is 7.16. The predicted octanol–water partition coefficient (Wildman–Crippen LogP) is 3.33. The topological polar surface area (TPSA) is 62.5 Å². The smallest absolute Gasteiger partial charge is 0.319 e. The number of amides is 2. The molecule has 2 aromatic rings. The fourth-order valence-electron chi connectivity index (χ4n) is 4.59. The number of halogens is 1. The van der Waals surface area contributed by atoms with E-state index in [1.165, 1.54) is 5.56 Å². The van der Waals surface area contributed by atoms with Crippen LogP contribution in [0.15, 0.2) is 48.8 Å². The quantitative estimate of drug-likeness (QED) is 0.897. The largest absolute Gasteiger partial charge is 0.351 e. The number of benzene rings is 1. The van der Waals surface area contributed by atoms with Crippen LogP contribution in [0.5, 0.6) is 0 Å². The van der Waals surface area contributed by atoms with Gasteiger partial charge in [0.1, 0.15) is 0 Å². The number of nitrogens with two attached hydrogens (primary N) is 1. The van der Waals surface area contributed by atoms with Gasteiger partial charge in [-0.1, -0.05) is 29.8 Å². The maximum atomic E-state index is 12.5. The summed E-state index contributed by atoms with van der Waals surface area (Å²) in [6.45, 7) is 2.14. The number of urea groups is 1. The molecule has 1 aromatic carbocycles. The number of anilines is 1. The van der Waals surface area contributed by atoms with Crippen molar-refractivity contribution in [3.05, 3.63) is 59.4 Å². The molecule has 0 spiro atoms. The van der Waals surface area contributed by atoms with E-state index in [1.54, 1.807) is 11.1 Å². The molecule has 4 heterocycles. The van der Waals surface area contributed by atoms with Gasteiger partial charge >= 0.3 is 6.03 Å². The standard InChI is InChI=1S/C20H23ClN4O/c21-16-5-1-2-6-17(16)25(20(22)26)19-15-7-10-24(11-8-15)18(19)12-14-4-3-9-23-13-14/h1-6,9,13,15,18-19H,7-8,10-12H2,(H2,22,26). The first-order valence-corrected chi connectivity index (χ1v) is 9.49. The van der Waals surface area contributed by atoms with Crippen LogP contribution in [0.25, 0.3) is 0 Å². The number of piperidine rings is 3. The highest BCUT2D eigenvalue weighted by Crippen LogP contribution is 2.40. The number of fused-ring (bicyclic) bond motifs is 3. The zero-order chi connectivity index (χ0) is 18.1. The molecule has 2 N–H and O–H groups in total. The van der Waals surface area contributed by atoms with Crippen molar-refractivity contribution in [3.63, 3.8) is 0 Å². The normalized spacial score (nSPS) is 27.3. The number of nitrogens with zero attached hydrogens (tertiary/aromatic N) is 3. The molecular weight excluding hydrogens is 348 g/mol. The molecular formula is C20H23ClN4O. The molecule has 2 atom stereocenters. The van der Waals surface area contributed by atoms with Crippen molar-refractivity contribution in [3.8, 4) is 0 Å². The zero-order valence-electron chi connectivity index (χ0n) is 14.6. The summed E-state index contributed by atoms with van der Waals surface area (Å²) in [6, 6.07) is 11.3. The average molecular weight is 371 g/mol. The third-order valence-corrected chi connectivity index (χ3v) is 6.06. The minimum atomic E-state index is -0.437. The summed E-state index contributed by atoms with van der Waals surface area (Å²) in [7, 11) is 0. The molecule has 3 aliphatic rings. The van der Waals surface area contributed by atoms with E-state index < -0.39 is 6.03 Å². The van der Waals surface area contributed by atoms with Crippen molar-refractivity contribution in [1.82, 2.24) is 9.88 Å².